The first kappa shape index (κ1) is 15.7. The maximum absolute atomic E-state index is 12.3. The zero-order valence-electron chi connectivity index (χ0n) is 13.9. The normalized spacial score (nSPS) is 16.3. The number of hydrogen-bond acceptors (Lipinski definition) is 5. The first-order valence-electron chi connectivity index (χ1n) is 8.36. The van der Waals surface area contributed by atoms with Gasteiger partial charge in [0.1, 0.15) is 5.76 Å². The van der Waals surface area contributed by atoms with Crippen molar-refractivity contribution in [3.05, 3.63) is 46.8 Å². The molecule has 25 heavy (non-hydrogen) atoms. The lowest BCUT2D eigenvalue weighted by molar-refractivity contribution is 0.101. The van der Waals surface area contributed by atoms with Crippen molar-refractivity contribution in [1.29, 1.82) is 0 Å². The molecule has 7 nitrogen and oxygen atoms in total. The minimum atomic E-state index is -0.338. The molecular weight excluding hydrogens is 322 g/mol. The number of methoxy groups -OCH3 is 1. The van der Waals surface area contributed by atoms with Crippen LogP contribution in [0, 0.1) is 0 Å². The Hall–Kier alpha value is -2.83. The second-order valence-corrected chi connectivity index (χ2v) is 6.47. The van der Waals surface area contributed by atoms with Gasteiger partial charge in [0.15, 0.2) is 5.69 Å². The van der Waals surface area contributed by atoms with E-state index in [0.29, 0.717) is 24.7 Å². The molecule has 2 aromatic rings. The number of anilines is 1. The molecule has 1 saturated carbocycles. The van der Waals surface area contributed by atoms with Crippen LogP contribution in [-0.2, 0) is 17.7 Å². The quantitative estimate of drug-likeness (QED) is 0.928. The molecule has 0 unspecified atom stereocenters. The summed E-state index contributed by atoms with van der Waals surface area (Å²) in [6.45, 7) is 1.11. The van der Waals surface area contributed by atoms with Crippen LogP contribution in [-0.4, -0.2) is 35.7 Å². The number of amides is 2. The molecule has 0 atom stereocenters. The summed E-state index contributed by atoms with van der Waals surface area (Å²) in [6.07, 6.45) is 2.62. The minimum absolute atomic E-state index is 0.288. The predicted octanol–water partition coefficient (Wildman–Crippen LogP) is 2.93. The van der Waals surface area contributed by atoms with Crippen LogP contribution in [0.1, 0.15) is 46.1 Å². The number of fused-ring (bicyclic) bond motifs is 1. The van der Waals surface area contributed by atoms with Gasteiger partial charge in [-0.05, 0) is 42.5 Å². The van der Waals surface area contributed by atoms with E-state index in [-0.39, 0.29) is 17.7 Å². The number of rotatable bonds is 3. The third kappa shape index (κ3) is 3.22. The molecule has 1 aliphatic carbocycles. The molecule has 0 saturated heterocycles. The Morgan fingerprint density at radius 2 is 2.12 bits per heavy atom. The van der Waals surface area contributed by atoms with Crippen molar-refractivity contribution in [3.63, 3.8) is 0 Å². The Morgan fingerprint density at radius 3 is 2.88 bits per heavy atom. The number of carbonyl (C=O) groups is 2. The number of hydrogen-bond donors (Lipinski definition) is 1. The highest BCUT2D eigenvalue weighted by molar-refractivity contribution is 6.02. The monoisotopic (exact) mass is 341 g/mol. The molecule has 2 aliphatic rings. The number of aromatic nitrogens is 1. The van der Waals surface area contributed by atoms with Crippen molar-refractivity contribution in [2.45, 2.75) is 31.7 Å². The van der Waals surface area contributed by atoms with Gasteiger partial charge in [-0.15, -0.1) is 0 Å². The van der Waals surface area contributed by atoms with Crippen LogP contribution in [0.3, 0.4) is 0 Å². The maximum atomic E-state index is 12.3. The molecule has 4 rings (SSSR count). The summed E-state index contributed by atoms with van der Waals surface area (Å²) in [6, 6.07) is 7.46. The second-order valence-electron chi connectivity index (χ2n) is 6.47. The molecule has 1 fully saturated rings. The zero-order chi connectivity index (χ0) is 17.4. The topological polar surface area (TPSA) is 84.7 Å². The van der Waals surface area contributed by atoms with Crippen LogP contribution >= 0.6 is 0 Å². The van der Waals surface area contributed by atoms with E-state index in [4.69, 9.17) is 9.26 Å². The summed E-state index contributed by atoms with van der Waals surface area (Å²) in [5.41, 5.74) is 3.14. The van der Waals surface area contributed by atoms with Gasteiger partial charge in [-0.3, -0.25) is 4.79 Å². The van der Waals surface area contributed by atoms with Gasteiger partial charge in [-0.25, -0.2) is 4.79 Å². The van der Waals surface area contributed by atoms with E-state index >= 15 is 0 Å². The second kappa shape index (κ2) is 6.23. The van der Waals surface area contributed by atoms with Crippen LogP contribution in [0.15, 0.2) is 28.8 Å². The van der Waals surface area contributed by atoms with Gasteiger partial charge in [-0.2, -0.15) is 0 Å². The molecule has 2 amide bonds. The molecule has 1 aliphatic heterocycles. The number of nitrogens with zero attached hydrogens (tertiary/aromatic N) is 2. The van der Waals surface area contributed by atoms with E-state index in [2.05, 4.69) is 10.5 Å². The van der Waals surface area contributed by atoms with Crippen molar-refractivity contribution in [2.24, 2.45) is 0 Å². The molecule has 1 aromatic heterocycles. The summed E-state index contributed by atoms with van der Waals surface area (Å²) in [4.78, 5) is 25.7. The first-order valence-corrected chi connectivity index (χ1v) is 8.36. The number of benzene rings is 1. The zero-order valence-corrected chi connectivity index (χ0v) is 13.9. The molecule has 1 N–H and O–H groups in total. The smallest absolute Gasteiger partial charge is 0.409 e. The highest BCUT2D eigenvalue weighted by atomic mass is 16.5. The standard InChI is InChI=1S/C18H19N3O4/c1-24-18(23)21-7-6-11-4-5-14(8-13(11)10-21)19-17(22)15-9-16(25-20-15)12-2-3-12/h4-5,8-9,12H,2-3,6-7,10H2,1H3,(H,19,22). The van der Waals surface area contributed by atoms with Crippen LogP contribution in [0.25, 0.3) is 0 Å². The van der Waals surface area contributed by atoms with Crippen molar-refractivity contribution in [3.8, 4) is 0 Å². The van der Waals surface area contributed by atoms with E-state index in [1.807, 2.05) is 18.2 Å². The Bertz CT molecular complexity index is 825. The third-order valence-electron chi connectivity index (χ3n) is 4.65. The summed E-state index contributed by atoms with van der Waals surface area (Å²) < 4.78 is 10.0. The summed E-state index contributed by atoms with van der Waals surface area (Å²) in [5, 5.41) is 6.69. The minimum Gasteiger partial charge on any atom is -0.453 e. The van der Waals surface area contributed by atoms with Gasteiger partial charge in [0.25, 0.3) is 5.91 Å². The Labute approximate surface area is 144 Å². The van der Waals surface area contributed by atoms with Crippen LogP contribution < -0.4 is 5.32 Å². The van der Waals surface area contributed by atoms with E-state index in [9.17, 15) is 9.59 Å². The van der Waals surface area contributed by atoms with Gasteiger partial charge in [0, 0.05) is 30.8 Å². The Morgan fingerprint density at radius 1 is 1.28 bits per heavy atom. The van der Waals surface area contributed by atoms with E-state index in [1.165, 1.54) is 12.7 Å². The molecule has 0 radical (unpaired) electrons. The number of ether oxygens (including phenoxy) is 1. The molecule has 2 heterocycles. The summed E-state index contributed by atoms with van der Waals surface area (Å²) in [5.74, 6) is 0.905. The highest BCUT2D eigenvalue weighted by Gasteiger charge is 2.29. The van der Waals surface area contributed by atoms with Gasteiger partial charge >= 0.3 is 6.09 Å². The van der Waals surface area contributed by atoms with Gasteiger partial charge in [0.05, 0.1) is 7.11 Å². The SMILES string of the molecule is COC(=O)N1CCc2ccc(NC(=O)c3cc(C4CC4)on3)cc2C1. The fraction of sp³-hybridized carbons (Fsp3) is 0.389. The van der Waals surface area contributed by atoms with E-state index in [0.717, 1.165) is 30.6 Å². The molecule has 7 heteroatoms. The average molecular weight is 341 g/mol. The molecule has 130 valence electrons. The highest BCUT2D eigenvalue weighted by Crippen LogP contribution is 2.40. The largest absolute Gasteiger partial charge is 0.453 e. The Kier molecular flexibility index (Phi) is 3.91. The summed E-state index contributed by atoms with van der Waals surface area (Å²) >= 11 is 0. The third-order valence-corrected chi connectivity index (χ3v) is 4.65. The van der Waals surface area contributed by atoms with Crippen molar-refractivity contribution < 1.29 is 18.8 Å². The first-order chi connectivity index (χ1) is 12.1. The van der Waals surface area contributed by atoms with Gasteiger partial charge in [-0.1, -0.05) is 11.2 Å². The number of carbonyl (C=O) groups excluding carboxylic acids is 2. The maximum Gasteiger partial charge on any atom is 0.409 e. The fourth-order valence-corrected chi connectivity index (χ4v) is 3.07. The van der Waals surface area contributed by atoms with E-state index < -0.39 is 0 Å². The summed E-state index contributed by atoms with van der Waals surface area (Å²) in [7, 11) is 1.38. The van der Waals surface area contributed by atoms with Crippen molar-refractivity contribution >= 4 is 17.7 Å². The molecule has 0 spiro atoms. The predicted molar refractivity (Wildman–Crippen MR) is 89.4 cm³/mol. The van der Waals surface area contributed by atoms with Crippen LogP contribution in [0.4, 0.5) is 10.5 Å². The van der Waals surface area contributed by atoms with E-state index in [1.54, 1.807) is 11.0 Å². The van der Waals surface area contributed by atoms with Crippen molar-refractivity contribution in [2.75, 3.05) is 19.0 Å². The lowest BCUT2D eigenvalue weighted by atomic mass is 9.99. The fourth-order valence-electron chi connectivity index (χ4n) is 3.07. The van der Waals surface area contributed by atoms with Gasteiger partial charge in [0.2, 0.25) is 0 Å². The van der Waals surface area contributed by atoms with Crippen LogP contribution in [0.5, 0.6) is 0 Å². The average Bonchev–Trinajstić information content (AvgIpc) is 3.37. The number of nitrogens with one attached hydrogen (secondary N) is 1. The Balaban J connectivity index is 1.47. The lowest BCUT2D eigenvalue weighted by Gasteiger charge is -2.28. The molecule has 1 aromatic carbocycles. The molecular formula is C18H19N3O4. The van der Waals surface area contributed by atoms with Crippen LogP contribution in [0.2, 0.25) is 0 Å². The van der Waals surface area contributed by atoms with Gasteiger partial charge < -0.3 is 19.5 Å². The molecule has 0 bridgehead atoms. The lowest BCUT2D eigenvalue weighted by Crippen LogP contribution is -2.35. The van der Waals surface area contributed by atoms with Crippen molar-refractivity contribution in [1.82, 2.24) is 10.1 Å².